The van der Waals surface area contributed by atoms with Gasteiger partial charge >= 0.3 is 0 Å². The first-order valence-electron chi connectivity index (χ1n) is 12.4. The van der Waals surface area contributed by atoms with Gasteiger partial charge in [0.05, 0.1) is 10.6 Å². The highest BCUT2D eigenvalue weighted by molar-refractivity contribution is 8.29. The zero-order chi connectivity index (χ0) is 26.8. The Kier molecular flexibility index (Phi) is 6.72. The van der Waals surface area contributed by atoms with Gasteiger partial charge in [-0.2, -0.15) is 5.10 Å². The van der Waals surface area contributed by atoms with Crippen LogP contribution < -0.4 is 15.2 Å². The Bertz CT molecular complexity index is 1580. The largest absolute Gasteiger partial charge is 0.320 e. The first kappa shape index (κ1) is 25.0. The minimum Gasteiger partial charge on any atom is -0.320 e. The second-order valence-corrected chi connectivity index (χ2v) is 11.7. The summed E-state index contributed by atoms with van der Waals surface area (Å²) < 4.78 is -1.08. The fourth-order valence-electron chi connectivity index (χ4n) is 4.37. The van der Waals surface area contributed by atoms with E-state index in [9.17, 15) is 9.59 Å². The molecule has 2 amide bonds. The number of benzene rings is 4. The Balaban J connectivity index is 1.46. The van der Waals surface area contributed by atoms with Crippen LogP contribution in [-0.2, 0) is 9.59 Å². The molecule has 6 rings (SSSR count). The first-order chi connectivity index (χ1) is 19.0. The Morgan fingerprint density at radius 3 is 2.03 bits per heavy atom. The van der Waals surface area contributed by atoms with Crippen molar-refractivity contribution in [3.63, 3.8) is 0 Å². The smallest absolute Gasteiger partial charge is 0.282 e. The lowest BCUT2D eigenvalue weighted by Gasteiger charge is -2.38. The van der Waals surface area contributed by atoms with Crippen molar-refractivity contribution in [1.82, 2.24) is 0 Å². The Morgan fingerprint density at radius 2 is 1.38 bits per heavy atom. The number of nitrogens with one attached hydrogen (secondary N) is 1. The molecule has 1 atom stereocenters. The lowest BCUT2D eigenvalue weighted by molar-refractivity contribution is -0.114. The van der Waals surface area contributed by atoms with E-state index in [4.69, 9.17) is 5.10 Å². The number of hydrogen-bond acceptors (Lipinski definition) is 6. The molecular formula is C31H24N4O2S2. The van der Waals surface area contributed by atoms with E-state index in [1.807, 2.05) is 128 Å². The summed E-state index contributed by atoms with van der Waals surface area (Å²) in [6.07, 6.45) is 1.91. The molecule has 0 bridgehead atoms. The molecule has 0 aromatic heterocycles. The van der Waals surface area contributed by atoms with E-state index in [1.54, 1.807) is 9.91 Å². The number of anilines is 3. The third-order valence-corrected chi connectivity index (χ3v) is 8.96. The molecule has 2 aliphatic heterocycles. The fraction of sp³-hybridized carbons (Fsp3) is 0.0645. The van der Waals surface area contributed by atoms with Gasteiger partial charge in [0.2, 0.25) is 4.33 Å². The van der Waals surface area contributed by atoms with Gasteiger partial charge in [0, 0.05) is 11.4 Å². The number of para-hydroxylation sites is 3. The lowest BCUT2D eigenvalue weighted by Crippen LogP contribution is -2.51. The van der Waals surface area contributed by atoms with Crippen LogP contribution in [0.2, 0.25) is 0 Å². The van der Waals surface area contributed by atoms with Crippen molar-refractivity contribution < 1.29 is 9.59 Å². The summed E-state index contributed by atoms with van der Waals surface area (Å²) in [5, 5.41) is 9.80. The SMILES string of the molecule is Cc1ccc(/C=C2/SC3(SC(C(=O)Nc4ccccc4)=NN3c3ccccc3)N(c3ccccc3)C2=O)cc1. The summed E-state index contributed by atoms with van der Waals surface area (Å²) in [5.74, 6) is -0.485. The van der Waals surface area contributed by atoms with Gasteiger partial charge < -0.3 is 5.32 Å². The van der Waals surface area contributed by atoms with Crippen LogP contribution in [0.1, 0.15) is 11.1 Å². The summed E-state index contributed by atoms with van der Waals surface area (Å²) in [6, 6.07) is 36.5. The minimum atomic E-state index is -1.08. The topological polar surface area (TPSA) is 65.0 Å². The number of amides is 2. The predicted molar refractivity (Wildman–Crippen MR) is 162 cm³/mol. The summed E-state index contributed by atoms with van der Waals surface area (Å²) in [5.41, 5.74) is 4.24. The van der Waals surface area contributed by atoms with Crippen molar-refractivity contribution in [2.75, 3.05) is 15.2 Å². The molecule has 1 fully saturated rings. The van der Waals surface area contributed by atoms with Crippen LogP contribution in [-0.4, -0.2) is 21.2 Å². The normalized spacial score (nSPS) is 19.6. The number of carbonyl (C=O) groups is 2. The monoisotopic (exact) mass is 548 g/mol. The molecule has 0 aliphatic carbocycles. The molecule has 1 saturated heterocycles. The third-order valence-electron chi connectivity index (χ3n) is 6.24. The minimum absolute atomic E-state index is 0.153. The Labute approximate surface area is 235 Å². The molecule has 39 heavy (non-hydrogen) atoms. The maximum absolute atomic E-state index is 14.1. The van der Waals surface area contributed by atoms with Gasteiger partial charge in [-0.25, -0.2) is 5.01 Å². The molecule has 4 aromatic carbocycles. The van der Waals surface area contributed by atoms with Gasteiger partial charge in [-0.3, -0.25) is 14.5 Å². The number of hydrogen-bond donors (Lipinski definition) is 1. The second kappa shape index (κ2) is 10.5. The summed E-state index contributed by atoms with van der Waals surface area (Å²) in [6.45, 7) is 2.03. The van der Waals surface area contributed by atoms with Crippen LogP contribution in [0.3, 0.4) is 0 Å². The first-order valence-corrected chi connectivity index (χ1v) is 14.0. The number of hydrazone groups is 1. The molecule has 2 aliphatic rings. The number of nitrogens with zero attached hydrogens (tertiary/aromatic N) is 3. The predicted octanol–water partition coefficient (Wildman–Crippen LogP) is 6.93. The van der Waals surface area contributed by atoms with Crippen LogP contribution in [0.5, 0.6) is 0 Å². The van der Waals surface area contributed by atoms with Crippen molar-refractivity contribution in [3.05, 3.63) is 131 Å². The highest BCUT2D eigenvalue weighted by Crippen LogP contribution is 2.59. The molecule has 8 heteroatoms. The summed E-state index contributed by atoms with van der Waals surface area (Å²) in [4.78, 5) is 29.9. The van der Waals surface area contributed by atoms with E-state index in [0.29, 0.717) is 10.6 Å². The van der Waals surface area contributed by atoms with Crippen LogP contribution in [0.25, 0.3) is 6.08 Å². The van der Waals surface area contributed by atoms with E-state index in [1.165, 1.54) is 23.5 Å². The molecule has 4 aromatic rings. The lowest BCUT2D eigenvalue weighted by atomic mass is 10.1. The average Bonchev–Trinajstić information content (AvgIpc) is 3.48. The highest BCUT2D eigenvalue weighted by Gasteiger charge is 2.60. The van der Waals surface area contributed by atoms with E-state index in [2.05, 4.69) is 5.32 Å². The van der Waals surface area contributed by atoms with E-state index < -0.39 is 4.33 Å². The van der Waals surface area contributed by atoms with Crippen molar-refractivity contribution in [3.8, 4) is 0 Å². The van der Waals surface area contributed by atoms with Gasteiger partial charge in [-0.1, -0.05) is 96.2 Å². The third kappa shape index (κ3) is 4.84. The molecule has 0 saturated carbocycles. The fourth-order valence-corrected chi connectivity index (χ4v) is 7.25. The summed E-state index contributed by atoms with van der Waals surface area (Å²) in [7, 11) is 0. The van der Waals surface area contributed by atoms with E-state index >= 15 is 0 Å². The number of thioether (sulfide) groups is 2. The van der Waals surface area contributed by atoms with Gasteiger partial charge in [-0.05, 0) is 66.7 Å². The van der Waals surface area contributed by atoms with E-state index in [-0.39, 0.29) is 16.9 Å². The summed E-state index contributed by atoms with van der Waals surface area (Å²) >= 11 is 2.66. The van der Waals surface area contributed by atoms with Crippen LogP contribution in [0.4, 0.5) is 17.1 Å². The number of rotatable bonds is 5. The number of carbonyl (C=O) groups excluding carboxylic acids is 2. The van der Waals surface area contributed by atoms with Crippen molar-refractivity contribution in [1.29, 1.82) is 0 Å². The zero-order valence-corrected chi connectivity index (χ0v) is 22.7. The maximum atomic E-state index is 14.1. The quantitative estimate of drug-likeness (QED) is 0.274. The van der Waals surface area contributed by atoms with Crippen molar-refractivity contribution in [2.24, 2.45) is 5.10 Å². The molecule has 1 unspecified atom stereocenters. The maximum Gasteiger partial charge on any atom is 0.282 e. The molecule has 1 N–H and O–H groups in total. The highest BCUT2D eigenvalue weighted by atomic mass is 32.2. The molecule has 0 radical (unpaired) electrons. The standard InChI is InChI=1S/C31H24N4O2S2/c1-22-17-19-23(20-18-22)21-27-30(37)34(25-13-7-3-8-14-25)31(38-27)35(26-15-9-4-10-16-26)33-29(39-31)28(36)32-24-11-5-2-6-12-24/h2-21H,1H3,(H,32,36)/b27-21+. The second-order valence-electron chi connectivity index (χ2n) is 9.02. The molecule has 2 heterocycles. The van der Waals surface area contributed by atoms with Gasteiger partial charge in [0.1, 0.15) is 0 Å². The van der Waals surface area contributed by atoms with Gasteiger partial charge in [-0.15, -0.1) is 0 Å². The van der Waals surface area contributed by atoms with Crippen molar-refractivity contribution in [2.45, 2.75) is 11.3 Å². The average molecular weight is 549 g/mol. The van der Waals surface area contributed by atoms with E-state index in [0.717, 1.165) is 22.5 Å². The Hall–Kier alpha value is -4.27. The van der Waals surface area contributed by atoms with Crippen LogP contribution in [0, 0.1) is 6.92 Å². The molecule has 1 spiro atoms. The van der Waals surface area contributed by atoms with Crippen LogP contribution in [0.15, 0.2) is 125 Å². The van der Waals surface area contributed by atoms with Gasteiger partial charge in [0.15, 0.2) is 5.04 Å². The van der Waals surface area contributed by atoms with Crippen molar-refractivity contribution >= 4 is 63.5 Å². The Morgan fingerprint density at radius 1 is 0.795 bits per heavy atom. The molecule has 192 valence electrons. The molecule has 6 nitrogen and oxygen atoms in total. The van der Waals surface area contributed by atoms with Gasteiger partial charge in [0.25, 0.3) is 11.8 Å². The number of aryl methyl sites for hydroxylation is 1. The zero-order valence-electron chi connectivity index (χ0n) is 21.0. The van der Waals surface area contributed by atoms with Crippen LogP contribution >= 0.6 is 23.5 Å². The molecular weight excluding hydrogens is 525 g/mol.